The van der Waals surface area contributed by atoms with Gasteiger partial charge in [0, 0.05) is 51.7 Å². The largest absolute Gasteiger partial charge is 0.293 e. The van der Waals surface area contributed by atoms with Crippen LogP contribution in [0.2, 0.25) is 0 Å². The van der Waals surface area contributed by atoms with Gasteiger partial charge in [0.1, 0.15) is 0 Å². The monoisotopic (exact) mass is 1350 g/mol. The van der Waals surface area contributed by atoms with E-state index in [9.17, 15) is 19.2 Å². The fourth-order valence-electron chi connectivity index (χ4n) is 14.7. The van der Waals surface area contributed by atoms with E-state index in [2.05, 4.69) is 173 Å². The molecule has 0 unspecified atom stereocenters. The van der Waals surface area contributed by atoms with Crippen LogP contribution >= 0.6 is 68.9 Å². The Kier molecular flexibility index (Phi) is 20.3. The Hall–Kier alpha value is -6.64. The second-order valence-corrected chi connectivity index (χ2v) is 32.4. The van der Waals surface area contributed by atoms with Crippen LogP contribution in [0.1, 0.15) is 207 Å². The predicted octanol–water partition coefficient (Wildman–Crippen LogP) is 19.7. The lowest BCUT2D eigenvalue weighted by Gasteiger charge is -2.35. The molecule has 13 rings (SSSR count). The summed E-state index contributed by atoms with van der Waals surface area (Å²) in [5.74, 6) is -0.493. The smallest absolute Gasteiger partial charge is 0.272 e. The van der Waals surface area contributed by atoms with Crippen LogP contribution < -0.4 is 18.1 Å². The van der Waals surface area contributed by atoms with Crippen molar-refractivity contribution in [3.05, 3.63) is 240 Å². The third kappa shape index (κ3) is 12.6. The molecule has 2 fully saturated rings. The molecule has 4 aromatic heterocycles. The highest BCUT2D eigenvalue weighted by Crippen LogP contribution is 2.65. The average Bonchev–Trinajstić information content (AvgIpc) is 1.50. The normalized spacial score (nSPS) is 16.9. The van der Waals surface area contributed by atoms with Crippen LogP contribution in [0.4, 0.5) is 9.59 Å². The van der Waals surface area contributed by atoms with Crippen molar-refractivity contribution < 1.29 is 19.2 Å². The Balaban J connectivity index is 1.07. The highest BCUT2D eigenvalue weighted by Gasteiger charge is 2.53. The van der Waals surface area contributed by atoms with Crippen LogP contribution in [0.15, 0.2) is 146 Å². The van der Waals surface area contributed by atoms with Gasteiger partial charge < -0.3 is 0 Å². The summed E-state index contributed by atoms with van der Waals surface area (Å²) in [6, 6.07) is 57.2. The van der Waals surface area contributed by atoms with Crippen LogP contribution in [0.3, 0.4) is 0 Å². The van der Waals surface area contributed by atoms with Gasteiger partial charge in [-0.3, -0.25) is 29.0 Å². The van der Waals surface area contributed by atoms with E-state index >= 15 is 0 Å². The van der Waals surface area contributed by atoms with Gasteiger partial charge in [-0.1, -0.05) is 202 Å². The molecule has 0 atom stereocenters. The van der Waals surface area contributed by atoms with Crippen LogP contribution in [-0.4, -0.2) is 46.2 Å². The van der Waals surface area contributed by atoms with E-state index in [0.717, 1.165) is 77.1 Å². The number of thiophene rings is 4. The molecule has 0 radical (unpaired) electrons. The van der Waals surface area contributed by atoms with Crippen molar-refractivity contribution in [1.82, 2.24) is 9.80 Å². The Morgan fingerprint density at radius 1 is 0.351 bits per heavy atom. The first-order valence-electron chi connectivity index (χ1n) is 34.4. The minimum absolute atomic E-state index is 0.245. The number of carbonyl (C=O) groups is 4. The number of fused-ring (bicyclic) bond motifs is 6. The first kappa shape index (κ1) is 66.0. The van der Waals surface area contributed by atoms with Crippen molar-refractivity contribution in [3.8, 4) is 20.9 Å². The highest BCUT2D eigenvalue weighted by molar-refractivity contribution is 8.23. The number of benzene rings is 5. The third-order valence-corrected chi connectivity index (χ3v) is 26.5. The number of thioether (sulfide) groups is 2. The third-order valence-electron chi connectivity index (χ3n) is 19.8. The summed E-state index contributed by atoms with van der Waals surface area (Å²) in [6.07, 6.45) is 28.2. The number of unbranched alkanes of at least 4 members (excludes halogenated alkanes) is 12. The van der Waals surface area contributed by atoms with Gasteiger partial charge in [-0.25, -0.2) is 0 Å². The molecule has 9 aromatic rings. The zero-order valence-electron chi connectivity index (χ0n) is 55.1. The quantitative estimate of drug-likeness (QED) is 0.0503. The minimum Gasteiger partial charge on any atom is -0.272 e. The fraction of sp³-hybridized carbons (Fsp3) is 0.341. The molecule has 2 saturated heterocycles. The lowest BCUT2D eigenvalue weighted by Crippen LogP contribution is -2.30. The van der Waals surface area contributed by atoms with E-state index in [1.165, 1.54) is 200 Å². The molecule has 0 saturated carbocycles. The zero-order chi connectivity index (χ0) is 65.1. The standard InChI is InChI=1S/C82H84N2O4S6/c1-7-11-15-19-23-53-27-35-57(36-28-53)81(58-37-29-54(30-38-58)24-20-16-12-8-2)67-51-66-68(52-65(67)73-69(81)49-63(91-73)47-61-43-45-71(89-61)75-77(85)83(5)79(87)93-75)82(59-39-31-55(32-40-59)25-21-17-13-9-3,60-41-33-56(34-42-60)26-22-18-14-10-4)70-50-64(92-74(66)70)48-62-44-46-72(90-62)76-78(86)84(6)80(88)94-76/h27-52H,7-26H2,1-6H3/b61-47+,62-48+,75-71+,76-72+. The summed E-state index contributed by atoms with van der Waals surface area (Å²) in [5, 5.41) is -0.491. The van der Waals surface area contributed by atoms with Crippen LogP contribution in [0.5, 0.6) is 0 Å². The number of nitrogens with zero attached hydrogens (tertiary/aromatic N) is 2. The van der Waals surface area contributed by atoms with Gasteiger partial charge in [-0.15, -0.1) is 45.3 Å². The van der Waals surface area contributed by atoms with Crippen molar-refractivity contribution in [2.75, 3.05) is 14.1 Å². The van der Waals surface area contributed by atoms with E-state index in [0.29, 0.717) is 9.81 Å². The highest BCUT2D eigenvalue weighted by atomic mass is 32.2. The summed E-state index contributed by atoms with van der Waals surface area (Å²) in [6.45, 7) is 9.12. The van der Waals surface area contributed by atoms with Crippen molar-refractivity contribution in [2.45, 2.75) is 167 Å². The molecule has 6 heterocycles. The number of hydrogen-bond acceptors (Lipinski definition) is 10. The molecule has 4 amide bonds. The van der Waals surface area contributed by atoms with E-state index in [1.807, 2.05) is 34.8 Å². The molecule has 12 heteroatoms. The Bertz CT molecular complexity index is 4160. The number of hydrogen-bond donors (Lipinski definition) is 0. The number of carbonyl (C=O) groups excluding carboxylic acids is 4. The zero-order valence-corrected chi connectivity index (χ0v) is 60.0. The Morgan fingerprint density at radius 2 is 0.660 bits per heavy atom. The summed E-state index contributed by atoms with van der Waals surface area (Å²) in [7, 11) is 3.12. The maximum Gasteiger partial charge on any atom is 0.293 e. The van der Waals surface area contributed by atoms with Gasteiger partial charge in [0.25, 0.3) is 22.3 Å². The van der Waals surface area contributed by atoms with Gasteiger partial charge in [-0.2, -0.15) is 0 Å². The van der Waals surface area contributed by atoms with Crippen molar-refractivity contribution >= 4 is 113 Å². The minimum atomic E-state index is -0.704. The molecular weight excluding hydrogens is 1270 g/mol. The maximum absolute atomic E-state index is 13.3. The fourth-order valence-corrected chi connectivity index (χ4v) is 21.1. The van der Waals surface area contributed by atoms with Gasteiger partial charge in [0.2, 0.25) is 0 Å². The van der Waals surface area contributed by atoms with Crippen molar-refractivity contribution in [2.24, 2.45) is 0 Å². The van der Waals surface area contributed by atoms with E-state index < -0.39 is 10.8 Å². The molecule has 94 heavy (non-hydrogen) atoms. The first-order valence-corrected chi connectivity index (χ1v) is 39.3. The van der Waals surface area contributed by atoms with Gasteiger partial charge >= 0.3 is 0 Å². The molecular formula is C82H84N2O4S6. The number of imide groups is 2. The first-order chi connectivity index (χ1) is 45.9. The Labute approximate surface area is 579 Å². The SMILES string of the molecule is CCCCCCc1ccc(C2(c3ccc(CCCCCC)cc3)c3cc4c(cc3-c3sc(/C=c5\cc/c(=C6\SC(=O)N(C)C6=O)s5)cc32)C(c2ccc(CCCCCC)cc2)(c2ccc(CCCCCC)cc2)c2cc(/C=c3\cc/c(=C5\SC(=O)N(C)C5=O)s3)sc2-4)cc1. The molecule has 2 aliphatic heterocycles. The van der Waals surface area contributed by atoms with Crippen LogP contribution in [0.25, 0.3) is 42.8 Å². The molecule has 0 spiro atoms. The molecule has 5 aromatic carbocycles. The van der Waals surface area contributed by atoms with Crippen LogP contribution in [0, 0.1) is 0 Å². The second-order valence-electron chi connectivity index (χ2n) is 26.1. The summed E-state index contributed by atoms with van der Waals surface area (Å²) >= 11 is 8.90. The van der Waals surface area contributed by atoms with Crippen LogP contribution in [-0.2, 0) is 46.1 Å². The maximum atomic E-state index is 13.3. The van der Waals surface area contributed by atoms with E-state index in [4.69, 9.17) is 0 Å². The van der Waals surface area contributed by atoms with E-state index in [1.54, 1.807) is 36.8 Å². The van der Waals surface area contributed by atoms with Crippen molar-refractivity contribution in [1.29, 1.82) is 0 Å². The molecule has 6 nitrogen and oxygen atoms in total. The van der Waals surface area contributed by atoms with Gasteiger partial charge in [0.05, 0.1) is 20.6 Å². The molecule has 2 aliphatic carbocycles. The van der Waals surface area contributed by atoms with Gasteiger partial charge in [0.15, 0.2) is 0 Å². The summed E-state index contributed by atoms with van der Waals surface area (Å²) in [5.41, 5.74) is 16.7. The number of rotatable bonds is 26. The van der Waals surface area contributed by atoms with Crippen molar-refractivity contribution in [3.63, 3.8) is 0 Å². The predicted molar refractivity (Wildman–Crippen MR) is 401 cm³/mol. The molecule has 4 aliphatic rings. The summed E-state index contributed by atoms with van der Waals surface area (Å²) < 4.78 is 3.68. The lowest BCUT2D eigenvalue weighted by molar-refractivity contribution is -0.121. The topological polar surface area (TPSA) is 74.8 Å². The number of amides is 4. The molecule has 0 bridgehead atoms. The number of aryl methyl sites for hydroxylation is 4. The lowest BCUT2D eigenvalue weighted by atomic mass is 9.65. The molecule has 482 valence electrons. The average molecular weight is 1350 g/mol. The molecule has 0 N–H and O–H groups in total. The van der Waals surface area contributed by atoms with Gasteiger partial charge in [-0.05, 0) is 213 Å². The second kappa shape index (κ2) is 29.0. The Morgan fingerprint density at radius 3 is 0.936 bits per heavy atom. The summed E-state index contributed by atoms with van der Waals surface area (Å²) in [4.78, 5) is 60.3. The van der Waals surface area contributed by atoms with E-state index in [-0.39, 0.29) is 22.3 Å².